The van der Waals surface area contributed by atoms with Gasteiger partial charge in [0.25, 0.3) is 0 Å². The van der Waals surface area contributed by atoms with Crippen LogP contribution in [0.5, 0.6) is 0 Å². The van der Waals surface area contributed by atoms with Gasteiger partial charge in [-0.05, 0) is 50.9 Å². The lowest BCUT2D eigenvalue weighted by Crippen LogP contribution is -2.46. The largest absolute Gasteiger partial charge is 0.441 e. The Hall–Kier alpha value is -1.55. The summed E-state index contributed by atoms with van der Waals surface area (Å²) in [5.41, 5.74) is 1.71. The molecule has 0 spiro atoms. The Bertz CT molecular complexity index is 511. The van der Waals surface area contributed by atoms with E-state index in [9.17, 15) is 4.79 Å². The van der Waals surface area contributed by atoms with Crippen molar-refractivity contribution < 1.29 is 9.53 Å². The maximum absolute atomic E-state index is 12.2. The molecule has 4 heteroatoms. The van der Waals surface area contributed by atoms with Crippen LogP contribution in [-0.4, -0.2) is 31.3 Å². The molecule has 0 aromatic heterocycles. The first-order chi connectivity index (χ1) is 9.58. The van der Waals surface area contributed by atoms with Crippen LogP contribution in [0.25, 0.3) is 0 Å². The summed E-state index contributed by atoms with van der Waals surface area (Å²) in [4.78, 5) is 14.0. The summed E-state index contributed by atoms with van der Waals surface area (Å²) in [6.45, 7) is 6.75. The van der Waals surface area contributed by atoms with Gasteiger partial charge in [0.2, 0.25) is 0 Å². The zero-order valence-corrected chi connectivity index (χ0v) is 12.2. The number of piperidine rings is 1. The molecule has 1 aromatic carbocycles. The molecule has 1 aromatic rings. The Morgan fingerprint density at radius 3 is 3.00 bits per heavy atom. The molecule has 1 N–H and O–H groups in total. The van der Waals surface area contributed by atoms with Crippen molar-refractivity contribution in [2.24, 2.45) is 5.92 Å². The minimum absolute atomic E-state index is 0.219. The summed E-state index contributed by atoms with van der Waals surface area (Å²) in [6, 6.07) is 8.02. The molecule has 20 heavy (non-hydrogen) atoms. The number of nitrogens with zero attached hydrogens (tertiary/aromatic N) is 1. The van der Waals surface area contributed by atoms with Gasteiger partial charge in [-0.1, -0.05) is 12.1 Å². The summed E-state index contributed by atoms with van der Waals surface area (Å²) in [5.74, 6) is 0.398. The number of anilines is 1. The van der Waals surface area contributed by atoms with E-state index in [-0.39, 0.29) is 11.7 Å². The Balaban J connectivity index is 1.80. The minimum Gasteiger partial charge on any atom is -0.441 e. The van der Waals surface area contributed by atoms with Crippen molar-refractivity contribution in [3.05, 3.63) is 29.8 Å². The third-order valence-electron chi connectivity index (χ3n) is 4.49. The molecule has 108 valence electrons. The van der Waals surface area contributed by atoms with Gasteiger partial charge in [0, 0.05) is 18.2 Å². The van der Waals surface area contributed by atoms with Gasteiger partial charge < -0.3 is 10.1 Å². The molecule has 2 unspecified atom stereocenters. The van der Waals surface area contributed by atoms with Gasteiger partial charge >= 0.3 is 6.09 Å². The summed E-state index contributed by atoms with van der Waals surface area (Å²) in [7, 11) is 0. The van der Waals surface area contributed by atoms with Crippen LogP contribution in [0.2, 0.25) is 0 Å². The summed E-state index contributed by atoms with van der Waals surface area (Å²) in [6.07, 6.45) is 2.06. The fourth-order valence-corrected chi connectivity index (χ4v) is 3.24. The Kier molecular flexibility index (Phi) is 3.42. The van der Waals surface area contributed by atoms with Gasteiger partial charge in [0.1, 0.15) is 5.60 Å². The maximum atomic E-state index is 12.2. The highest BCUT2D eigenvalue weighted by atomic mass is 16.6. The molecule has 2 fully saturated rings. The Morgan fingerprint density at radius 1 is 1.45 bits per heavy atom. The van der Waals surface area contributed by atoms with Gasteiger partial charge in [0.05, 0.1) is 6.54 Å². The summed E-state index contributed by atoms with van der Waals surface area (Å²) in [5, 5.41) is 3.41. The van der Waals surface area contributed by atoms with E-state index in [1.807, 2.05) is 31.2 Å². The molecular formula is C16H22N2O2. The predicted molar refractivity (Wildman–Crippen MR) is 79.0 cm³/mol. The molecule has 2 aliphatic rings. The van der Waals surface area contributed by atoms with Gasteiger partial charge in [-0.25, -0.2) is 4.79 Å². The summed E-state index contributed by atoms with van der Waals surface area (Å²) < 4.78 is 5.74. The van der Waals surface area contributed by atoms with E-state index in [1.165, 1.54) is 0 Å². The van der Waals surface area contributed by atoms with Crippen LogP contribution in [0.15, 0.2) is 24.3 Å². The molecule has 3 rings (SSSR count). The second-order valence-electron chi connectivity index (χ2n) is 6.15. The third-order valence-corrected chi connectivity index (χ3v) is 4.49. The second kappa shape index (κ2) is 5.09. The van der Waals surface area contributed by atoms with Crippen molar-refractivity contribution >= 4 is 11.8 Å². The average Bonchev–Trinajstić information content (AvgIpc) is 2.77. The first-order valence-electron chi connectivity index (χ1n) is 7.36. The number of rotatable bonds is 2. The molecule has 2 heterocycles. The molecule has 0 bridgehead atoms. The van der Waals surface area contributed by atoms with Crippen LogP contribution in [0.1, 0.15) is 25.3 Å². The standard InChI is InChI=1S/C16H22N2O2/c1-12-5-3-7-14(9-12)18-11-16(2,20-15(18)19)13-6-4-8-17-10-13/h3,5,7,9,13,17H,4,6,8,10-11H2,1-2H3. The Labute approximate surface area is 120 Å². The van der Waals surface area contributed by atoms with Crippen LogP contribution in [-0.2, 0) is 4.74 Å². The van der Waals surface area contributed by atoms with Crippen molar-refractivity contribution in [1.29, 1.82) is 0 Å². The van der Waals surface area contributed by atoms with E-state index < -0.39 is 0 Å². The van der Waals surface area contributed by atoms with E-state index in [2.05, 4.69) is 12.2 Å². The minimum atomic E-state index is -0.381. The van der Waals surface area contributed by atoms with Gasteiger partial charge in [0.15, 0.2) is 0 Å². The highest BCUT2D eigenvalue weighted by molar-refractivity contribution is 5.90. The highest BCUT2D eigenvalue weighted by Gasteiger charge is 2.47. The molecule has 2 saturated heterocycles. The topological polar surface area (TPSA) is 41.6 Å². The van der Waals surface area contributed by atoms with E-state index in [0.717, 1.165) is 37.2 Å². The van der Waals surface area contributed by atoms with Crippen LogP contribution in [0.3, 0.4) is 0 Å². The third kappa shape index (κ3) is 2.40. The second-order valence-corrected chi connectivity index (χ2v) is 6.15. The van der Waals surface area contributed by atoms with Gasteiger partial charge in [-0.3, -0.25) is 4.90 Å². The molecule has 2 aliphatic heterocycles. The average molecular weight is 274 g/mol. The zero-order chi connectivity index (χ0) is 14.2. The number of ether oxygens (including phenoxy) is 1. The number of hydrogen-bond donors (Lipinski definition) is 1. The maximum Gasteiger partial charge on any atom is 0.415 e. The zero-order valence-electron chi connectivity index (χ0n) is 12.2. The molecule has 0 saturated carbocycles. The first kappa shape index (κ1) is 13.4. The van der Waals surface area contributed by atoms with Crippen molar-refractivity contribution in [3.63, 3.8) is 0 Å². The lowest BCUT2D eigenvalue weighted by atomic mass is 9.83. The highest BCUT2D eigenvalue weighted by Crippen LogP contribution is 2.36. The van der Waals surface area contributed by atoms with E-state index >= 15 is 0 Å². The van der Waals surface area contributed by atoms with Crippen molar-refractivity contribution in [2.75, 3.05) is 24.5 Å². The van der Waals surface area contributed by atoms with Gasteiger partial charge in [-0.2, -0.15) is 0 Å². The normalized spacial score (nSPS) is 30.4. The number of cyclic esters (lactones) is 1. The molecule has 0 aliphatic carbocycles. The lowest BCUT2D eigenvalue weighted by molar-refractivity contribution is 0.0123. The number of aryl methyl sites for hydroxylation is 1. The number of carbonyl (C=O) groups excluding carboxylic acids is 1. The van der Waals surface area contributed by atoms with Crippen molar-refractivity contribution in [3.8, 4) is 0 Å². The quantitative estimate of drug-likeness (QED) is 0.901. The number of nitrogens with one attached hydrogen (secondary N) is 1. The van der Waals surface area contributed by atoms with Crippen molar-refractivity contribution in [1.82, 2.24) is 5.32 Å². The van der Waals surface area contributed by atoms with Crippen molar-refractivity contribution in [2.45, 2.75) is 32.3 Å². The number of hydrogen-bond acceptors (Lipinski definition) is 3. The van der Waals surface area contributed by atoms with Crippen LogP contribution in [0, 0.1) is 12.8 Å². The van der Waals surface area contributed by atoms with Crippen LogP contribution in [0.4, 0.5) is 10.5 Å². The number of benzene rings is 1. The molecule has 0 radical (unpaired) electrons. The van der Waals surface area contributed by atoms with Crippen LogP contribution < -0.4 is 10.2 Å². The smallest absolute Gasteiger partial charge is 0.415 e. The monoisotopic (exact) mass is 274 g/mol. The fourth-order valence-electron chi connectivity index (χ4n) is 3.24. The SMILES string of the molecule is Cc1cccc(N2CC(C)(C3CCCNC3)OC2=O)c1. The van der Waals surface area contributed by atoms with E-state index in [0.29, 0.717) is 12.5 Å². The fraction of sp³-hybridized carbons (Fsp3) is 0.562. The molecular weight excluding hydrogens is 252 g/mol. The summed E-state index contributed by atoms with van der Waals surface area (Å²) >= 11 is 0. The predicted octanol–water partition coefficient (Wildman–Crippen LogP) is 2.71. The van der Waals surface area contributed by atoms with E-state index in [4.69, 9.17) is 4.74 Å². The van der Waals surface area contributed by atoms with E-state index in [1.54, 1.807) is 4.90 Å². The lowest BCUT2D eigenvalue weighted by Gasteiger charge is -2.34. The first-order valence-corrected chi connectivity index (χ1v) is 7.36. The number of carbonyl (C=O) groups is 1. The molecule has 2 atom stereocenters. The Morgan fingerprint density at radius 2 is 2.30 bits per heavy atom. The number of amides is 1. The molecule has 4 nitrogen and oxygen atoms in total. The van der Waals surface area contributed by atoms with Gasteiger partial charge in [-0.15, -0.1) is 0 Å². The van der Waals surface area contributed by atoms with Crippen LogP contribution >= 0.6 is 0 Å². The molecule has 1 amide bonds.